The zero-order chi connectivity index (χ0) is 20.6. The summed E-state index contributed by atoms with van der Waals surface area (Å²) in [7, 11) is 0. The first-order chi connectivity index (χ1) is 13.0. The van der Waals surface area contributed by atoms with Gasteiger partial charge in [0.1, 0.15) is 12.8 Å². The second-order valence-electron chi connectivity index (χ2n) is 9.76. The van der Waals surface area contributed by atoms with Crippen LogP contribution < -0.4 is 0 Å². The Morgan fingerprint density at radius 1 is 1.32 bits per heavy atom. The van der Waals surface area contributed by atoms with Crippen LogP contribution in [0, 0.1) is 34.5 Å². The number of alkyl halides is 2. The number of halogens is 2. The summed E-state index contributed by atoms with van der Waals surface area (Å²) in [5.41, 5.74) is -1.15. The lowest BCUT2D eigenvalue weighted by molar-refractivity contribution is -0.140. The van der Waals surface area contributed by atoms with Gasteiger partial charge in [-0.1, -0.05) is 26.8 Å². The topological polar surface area (TPSA) is 74.6 Å². The minimum absolute atomic E-state index is 0.0344. The smallest absolute Gasteiger partial charge is 0.178 e. The summed E-state index contributed by atoms with van der Waals surface area (Å²) in [6, 6.07) is 0. The molecule has 0 aliphatic heterocycles. The molecule has 3 saturated carbocycles. The maximum atomic E-state index is 15.3. The molecule has 0 radical (unpaired) electrons. The number of aliphatic hydroxyl groups is 2. The molecule has 4 nitrogen and oxygen atoms in total. The zero-order valence-corrected chi connectivity index (χ0v) is 17.2. The van der Waals surface area contributed by atoms with Gasteiger partial charge in [-0.15, -0.1) is 11.6 Å². The molecule has 0 aromatic rings. The van der Waals surface area contributed by atoms with Gasteiger partial charge in [0, 0.05) is 11.3 Å². The molecule has 4 aliphatic carbocycles. The Labute approximate surface area is 169 Å². The van der Waals surface area contributed by atoms with E-state index in [-0.39, 0.29) is 41.7 Å². The number of carbonyl (C=O) groups is 2. The van der Waals surface area contributed by atoms with Crippen LogP contribution in [0.3, 0.4) is 0 Å². The molecule has 0 spiro atoms. The van der Waals surface area contributed by atoms with Crippen LogP contribution in [-0.4, -0.2) is 45.5 Å². The van der Waals surface area contributed by atoms with Crippen molar-refractivity contribution in [1.29, 1.82) is 0 Å². The van der Waals surface area contributed by atoms with E-state index in [0.717, 1.165) is 0 Å². The van der Waals surface area contributed by atoms with Gasteiger partial charge in [0.05, 0.1) is 11.0 Å². The van der Waals surface area contributed by atoms with E-state index >= 15 is 4.39 Å². The van der Waals surface area contributed by atoms with Crippen molar-refractivity contribution in [3.63, 3.8) is 0 Å². The molecule has 2 N–H and O–H groups in total. The summed E-state index contributed by atoms with van der Waals surface area (Å²) >= 11 is 7.24. The maximum absolute atomic E-state index is 15.3. The van der Waals surface area contributed by atoms with E-state index in [1.165, 1.54) is 12.2 Å². The molecule has 0 bridgehead atoms. The Balaban J connectivity index is 1.84. The zero-order valence-electron chi connectivity index (χ0n) is 16.5. The number of ketones is 2. The highest BCUT2D eigenvalue weighted by atomic mass is 35.5. The number of fused-ring (bicyclic) bond motifs is 5. The molecule has 0 aromatic carbocycles. The lowest BCUT2D eigenvalue weighted by atomic mass is 9.46. The number of allylic oxidation sites excluding steroid dienone is 4. The van der Waals surface area contributed by atoms with Crippen molar-refractivity contribution in [2.45, 2.75) is 57.2 Å². The van der Waals surface area contributed by atoms with Crippen LogP contribution in [-0.2, 0) is 9.59 Å². The third-order valence-electron chi connectivity index (χ3n) is 8.47. The van der Waals surface area contributed by atoms with Crippen LogP contribution in [0.15, 0.2) is 23.8 Å². The van der Waals surface area contributed by atoms with E-state index in [2.05, 4.69) is 0 Å². The average Bonchev–Trinajstić information content (AvgIpc) is 2.89. The van der Waals surface area contributed by atoms with Crippen molar-refractivity contribution >= 4 is 23.2 Å². The van der Waals surface area contributed by atoms with Gasteiger partial charge in [-0.05, 0) is 60.2 Å². The highest BCUT2D eigenvalue weighted by Crippen LogP contribution is 2.70. The fourth-order valence-electron chi connectivity index (χ4n) is 7.36. The van der Waals surface area contributed by atoms with Gasteiger partial charge in [-0.2, -0.15) is 0 Å². The summed E-state index contributed by atoms with van der Waals surface area (Å²) < 4.78 is 15.3. The van der Waals surface area contributed by atoms with Crippen LogP contribution in [0.5, 0.6) is 0 Å². The first-order valence-electron chi connectivity index (χ1n) is 10.1. The fraction of sp³-hybridized carbons (Fsp3) is 0.727. The first kappa shape index (κ1) is 20.2. The van der Waals surface area contributed by atoms with Gasteiger partial charge < -0.3 is 10.2 Å². The molecule has 154 valence electrons. The van der Waals surface area contributed by atoms with Gasteiger partial charge in [-0.3, -0.25) is 9.59 Å². The van der Waals surface area contributed by atoms with Crippen LogP contribution in [0.1, 0.15) is 40.0 Å². The molecule has 6 heteroatoms. The second-order valence-corrected chi connectivity index (χ2v) is 10.4. The SMILES string of the molecule is CC1C[C@H]2[C@@H]3CC(F)C4=CC(=O)C=C[C@]4(C)[C@@]3(Cl)C(O)C[C@]2(C)[C@H]1C(=O)CO. The summed E-state index contributed by atoms with van der Waals surface area (Å²) in [5.74, 6) is -1.18. The summed E-state index contributed by atoms with van der Waals surface area (Å²) in [6.07, 6.45) is 3.31. The Morgan fingerprint density at radius 2 is 2.00 bits per heavy atom. The predicted octanol–water partition coefficient (Wildman–Crippen LogP) is 3.00. The highest BCUT2D eigenvalue weighted by Gasteiger charge is 2.71. The summed E-state index contributed by atoms with van der Waals surface area (Å²) in [5, 5.41) is 20.8. The van der Waals surface area contributed by atoms with Gasteiger partial charge >= 0.3 is 0 Å². The van der Waals surface area contributed by atoms with Crippen LogP contribution in [0.2, 0.25) is 0 Å². The largest absolute Gasteiger partial charge is 0.391 e. The Hall–Kier alpha value is -1.04. The van der Waals surface area contributed by atoms with Crippen molar-refractivity contribution in [2.75, 3.05) is 6.61 Å². The molecule has 4 aliphatic rings. The van der Waals surface area contributed by atoms with Crippen molar-refractivity contribution in [3.05, 3.63) is 23.8 Å². The van der Waals surface area contributed by atoms with Crippen molar-refractivity contribution in [3.8, 4) is 0 Å². The number of hydrogen-bond donors (Lipinski definition) is 2. The predicted molar refractivity (Wildman–Crippen MR) is 104 cm³/mol. The van der Waals surface area contributed by atoms with E-state index in [1.807, 2.05) is 20.8 Å². The normalized spacial score (nSPS) is 52.5. The summed E-state index contributed by atoms with van der Waals surface area (Å²) in [6.45, 7) is 5.27. The van der Waals surface area contributed by atoms with Gasteiger partial charge in [-0.25, -0.2) is 4.39 Å². The van der Waals surface area contributed by atoms with Gasteiger partial charge in [0.2, 0.25) is 0 Å². The molecule has 0 saturated heterocycles. The number of hydrogen-bond acceptors (Lipinski definition) is 4. The van der Waals surface area contributed by atoms with Crippen LogP contribution in [0.4, 0.5) is 4.39 Å². The molecule has 28 heavy (non-hydrogen) atoms. The highest BCUT2D eigenvalue weighted by molar-refractivity contribution is 6.26. The quantitative estimate of drug-likeness (QED) is 0.686. The Kier molecular flexibility index (Phi) is 4.50. The van der Waals surface area contributed by atoms with E-state index < -0.39 is 34.6 Å². The number of Topliss-reactive ketones (excluding diaryl/α,β-unsaturated/α-hetero) is 1. The molecule has 3 unspecified atom stereocenters. The Bertz CT molecular complexity index is 793. The minimum atomic E-state index is -1.31. The monoisotopic (exact) mass is 410 g/mol. The molecule has 0 amide bonds. The van der Waals surface area contributed by atoms with Crippen molar-refractivity contribution < 1.29 is 24.2 Å². The molecule has 0 heterocycles. The van der Waals surface area contributed by atoms with E-state index in [1.54, 1.807) is 6.08 Å². The lowest BCUT2D eigenvalue weighted by Crippen LogP contribution is -2.67. The second kappa shape index (κ2) is 6.23. The fourth-order valence-corrected chi connectivity index (χ4v) is 7.85. The molecule has 9 atom stereocenters. The first-order valence-corrected chi connectivity index (χ1v) is 10.5. The maximum Gasteiger partial charge on any atom is 0.178 e. The van der Waals surface area contributed by atoms with Gasteiger partial charge in [0.25, 0.3) is 0 Å². The van der Waals surface area contributed by atoms with Crippen molar-refractivity contribution in [2.24, 2.45) is 34.5 Å². The molecular weight excluding hydrogens is 383 g/mol. The molecule has 4 rings (SSSR count). The van der Waals surface area contributed by atoms with E-state index in [4.69, 9.17) is 11.6 Å². The van der Waals surface area contributed by atoms with E-state index in [0.29, 0.717) is 18.4 Å². The number of aliphatic hydroxyl groups excluding tert-OH is 2. The third-order valence-corrected chi connectivity index (χ3v) is 9.40. The minimum Gasteiger partial charge on any atom is -0.391 e. The number of rotatable bonds is 2. The lowest BCUT2D eigenvalue weighted by Gasteiger charge is -2.63. The van der Waals surface area contributed by atoms with Crippen LogP contribution in [0.25, 0.3) is 0 Å². The summed E-state index contributed by atoms with van der Waals surface area (Å²) in [4.78, 5) is 23.3. The van der Waals surface area contributed by atoms with Crippen molar-refractivity contribution in [1.82, 2.24) is 0 Å². The molecule has 0 aromatic heterocycles. The Morgan fingerprint density at radius 3 is 2.64 bits per heavy atom. The average molecular weight is 411 g/mol. The molecular formula is C22H28ClFO4. The standard InChI is InChI=1S/C22H28ClFO4/c1-11-6-13-14-8-16(24)15-7-12(26)4-5-21(15,3)22(14,23)18(28)9-20(13,2)19(11)17(27)10-25/h4-5,7,11,13-14,16,18-19,25,28H,6,8-10H2,1-3H3/t11?,13-,14-,16?,18?,19+,20-,21-,22-/m0/s1. The molecule has 3 fully saturated rings. The van der Waals surface area contributed by atoms with Gasteiger partial charge in [0.15, 0.2) is 11.6 Å². The van der Waals surface area contributed by atoms with Crippen LogP contribution >= 0.6 is 11.6 Å². The number of carbonyl (C=O) groups excluding carboxylic acids is 2. The third kappa shape index (κ3) is 2.30. The van der Waals surface area contributed by atoms with E-state index in [9.17, 15) is 19.8 Å².